The first-order valence-corrected chi connectivity index (χ1v) is 34.9. The zero-order valence-electron chi connectivity index (χ0n) is 60.7. The monoisotopic (exact) mass is 1250 g/mol. The molecule has 5 aromatic carbocycles. The van der Waals surface area contributed by atoms with Crippen LogP contribution in [0, 0.1) is 5.92 Å². The van der Waals surface area contributed by atoms with E-state index >= 15 is 0 Å². The van der Waals surface area contributed by atoms with Gasteiger partial charge in [0.1, 0.15) is 28.7 Å². The molecule has 0 aliphatic heterocycles. The zero-order valence-corrected chi connectivity index (χ0v) is 60.7. The Morgan fingerprint density at radius 1 is 0.356 bits per heavy atom. The van der Waals surface area contributed by atoms with Crippen molar-refractivity contribution in [1.29, 1.82) is 0 Å². The van der Waals surface area contributed by atoms with Crippen molar-refractivity contribution in [2.45, 2.75) is 302 Å². The highest BCUT2D eigenvalue weighted by Gasteiger charge is 2.19. The largest absolute Gasteiger partial charge is 0.465 e. The van der Waals surface area contributed by atoms with Gasteiger partial charge in [0.2, 0.25) is 0 Å². The lowest BCUT2D eigenvalue weighted by atomic mass is 9.98. The molecule has 0 spiro atoms. The Hall–Kier alpha value is -5.10. The fraction of sp³-hybridized carbons (Fsp3) is 0.625. The summed E-state index contributed by atoms with van der Waals surface area (Å²) in [7, 11) is 0. The van der Waals surface area contributed by atoms with E-state index in [-0.39, 0.29) is 37.1 Å². The molecule has 0 saturated heterocycles. The fourth-order valence-corrected chi connectivity index (χ4v) is 9.59. The highest BCUT2D eigenvalue weighted by Crippen LogP contribution is 2.28. The quantitative estimate of drug-likeness (QED) is 0.0306. The number of hydrogen-bond donors (Lipinski definition) is 0. The first-order chi connectivity index (χ1) is 42.9. The Bertz CT molecular complexity index is 2480. The third kappa shape index (κ3) is 35.6. The van der Waals surface area contributed by atoms with Gasteiger partial charge in [-0.05, 0) is 238 Å². The number of unbranched alkanes of at least 4 members (excludes halogenated alkanes) is 1. The molecule has 508 valence electrons. The number of ether oxygens (including phenoxy) is 10. The molecule has 0 aromatic heterocycles. The van der Waals surface area contributed by atoms with E-state index in [9.17, 15) is 0 Å². The molecule has 1 fully saturated rings. The minimum Gasteiger partial charge on any atom is -0.465 e. The average Bonchev–Trinajstić information content (AvgIpc) is 3.70. The fourth-order valence-electron chi connectivity index (χ4n) is 9.59. The summed E-state index contributed by atoms with van der Waals surface area (Å²) in [6, 6.07) is 41.7. The molecule has 1 saturated carbocycles. The van der Waals surface area contributed by atoms with Crippen molar-refractivity contribution in [3.63, 3.8) is 0 Å². The van der Waals surface area contributed by atoms with Crippen LogP contribution in [0.15, 0.2) is 121 Å². The van der Waals surface area contributed by atoms with Gasteiger partial charge in [0.25, 0.3) is 0 Å². The Kier molecular flexibility index (Phi) is 41.4. The number of hydrogen-bond acceptors (Lipinski definition) is 10. The molecular weight excluding hydrogens is 1120 g/mol. The Morgan fingerprint density at radius 2 is 0.644 bits per heavy atom. The van der Waals surface area contributed by atoms with Gasteiger partial charge in [0, 0.05) is 6.61 Å². The molecule has 10 unspecified atom stereocenters. The van der Waals surface area contributed by atoms with E-state index in [1.165, 1.54) is 66.3 Å². The molecule has 1 aliphatic rings. The summed E-state index contributed by atoms with van der Waals surface area (Å²) in [5.74, 6) is 7.95. The predicted molar refractivity (Wildman–Crippen MR) is 378 cm³/mol. The van der Waals surface area contributed by atoms with E-state index in [2.05, 4.69) is 163 Å². The average molecular weight is 1250 g/mol. The molecule has 0 heterocycles. The van der Waals surface area contributed by atoms with Crippen LogP contribution in [-0.4, -0.2) is 63.0 Å². The van der Waals surface area contributed by atoms with Crippen LogP contribution in [0.4, 0.5) is 0 Å². The molecule has 0 bridgehead atoms. The van der Waals surface area contributed by atoms with E-state index in [1.54, 1.807) is 0 Å². The van der Waals surface area contributed by atoms with Crippen molar-refractivity contribution in [3.8, 4) is 28.7 Å². The molecular formula is C80H128O10. The van der Waals surface area contributed by atoms with Crippen LogP contribution in [0.1, 0.15) is 287 Å². The summed E-state index contributed by atoms with van der Waals surface area (Å²) in [5.41, 5.74) is 6.63. The standard InChI is InChI=1S/C18H28O2.3C16H26O2.C14H22O2/c1-4-14(2)16-10-12-18(13-11-16)20-15(3)19-17-8-6-5-7-9-17;1-7-12(2)14-8-10-15(11-9-14)17-13(3)18-16(4,5)6;1-6-13(4)15-7-9-16(10-8-15)18-14(5)17-11-12(2)3;1-5-7-12-17-14(4)18-16-10-8-15(9-11-16)13(3)6-2;1-5-11(3)13-7-9-14(10-8-13)16-12(4)15-6-2/h10-15,17H,4-9H2,1-3H3;8-13H,7H2,1-6H3;7-10,12-14H,6,11H2,1-5H3;8-11,13-14H,5-7,12H2,1-4H3;7-12H,5-6H2,1-4H3. The van der Waals surface area contributed by atoms with Gasteiger partial charge in [0.05, 0.1) is 24.9 Å². The third-order valence-electron chi connectivity index (χ3n) is 16.2. The van der Waals surface area contributed by atoms with E-state index in [1.807, 2.05) is 111 Å². The third-order valence-corrected chi connectivity index (χ3v) is 16.2. The van der Waals surface area contributed by atoms with Crippen molar-refractivity contribution in [2.24, 2.45) is 5.92 Å². The summed E-state index contributed by atoms with van der Waals surface area (Å²) < 4.78 is 56.8. The van der Waals surface area contributed by atoms with Crippen LogP contribution >= 0.6 is 0 Å². The van der Waals surface area contributed by atoms with Gasteiger partial charge in [-0.1, -0.05) is 176 Å². The molecule has 10 nitrogen and oxygen atoms in total. The molecule has 0 radical (unpaired) electrons. The van der Waals surface area contributed by atoms with Crippen LogP contribution in [0.2, 0.25) is 0 Å². The second kappa shape index (κ2) is 46.0. The van der Waals surface area contributed by atoms with Gasteiger partial charge in [-0.25, -0.2) is 0 Å². The number of benzene rings is 5. The molecule has 1 aliphatic carbocycles. The molecule has 0 N–H and O–H groups in total. The van der Waals surface area contributed by atoms with Gasteiger partial charge < -0.3 is 47.4 Å². The maximum absolute atomic E-state index is 5.97. The van der Waals surface area contributed by atoms with Crippen molar-refractivity contribution in [1.82, 2.24) is 0 Å². The normalized spacial score (nSPS) is 15.7. The van der Waals surface area contributed by atoms with Gasteiger partial charge >= 0.3 is 0 Å². The highest BCUT2D eigenvalue weighted by molar-refractivity contribution is 5.33. The van der Waals surface area contributed by atoms with Crippen molar-refractivity contribution in [2.75, 3.05) is 19.8 Å². The van der Waals surface area contributed by atoms with Gasteiger partial charge in [0.15, 0.2) is 31.5 Å². The minimum atomic E-state index is -0.237. The lowest BCUT2D eigenvalue weighted by Crippen LogP contribution is -2.29. The molecule has 6 rings (SSSR count). The summed E-state index contributed by atoms with van der Waals surface area (Å²) in [5, 5.41) is 0. The molecule has 90 heavy (non-hydrogen) atoms. The highest BCUT2D eigenvalue weighted by atomic mass is 16.7. The van der Waals surface area contributed by atoms with E-state index in [0.29, 0.717) is 48.2 Å². The molecule has 0 amide bonds. The lowest BCUT2D eigenvalue weighted by molar-refractivity contribution is -0.140. The van der Waals surface area contributed by atoms with E-state index in [4.69, 9.17) is 47.4 Å². The summed E-state index contributed by atoms with van der Waals surface area (Å²) in [6.07, 6.45) is 13.8. The van der Waals surface area contributed by atoms with Gasteiger partial charge in [-0.15, -0.1) is 0 Å². The van der Waals surface area contributed by atoms with Crippen LogP contribution in [0.3, 0.4) is 0 Å². The second-order valence-electron chi connectivity index (χ2n) is 25.9. The van der Waals surface area contributed by atoms with Crippen LogP contribution in [-0.2, 0) is 23.7 Å². The molecule has 10 heteroatoms. The Balaban J connectivity index is 0.000000384. The van der Waals surface area contributed by atoms with Crippen molar-refractivity contribution < 1.29 is 47.4 Å². The maximum Gasteiger partial charge on any atom is 0.197 e. The first kappa shape index (κ1) is 81.0. The summed E-state index contributed by atoms with van der Waals surface area (Å²) >= 11 is 0. The second-order valence-corrected chi connectivity index (χ2v) is 25.9. The predicted octanol–water partition coefficient (Wildman–Crippen LogP) is 23.3. The maximum atomic E-state index is 5.97. The SMILES string of the molecule is CCC(C)c1ccc(OC(C)OC(C)(C)C)cc1.CCC(C)c1ccc(OC(C)OC2CCCCC2)cc1.CCC(C)c1ccc(OC(C)OCC(C)C)cc1.CCCCOC(C)Oc1ccc(C(C)CC)cc1.CCOC(C)Oc1ccc(C(C)CC)cc1. The number of rotatable bonds is 32. The van der Waals surface area contributed by atoms with Crippen molar-refractivity contribution in [3.05, 3.63) is 149 Å². The van der Waals surface area contributed by atoms with Crippen molar-refractivity contribution >= 4 is 0 Å². The molecule has 10 atom stereocenters. The topological polar surface area (TPSA) is 92.3 Å². The van der Waals surface area contributed by atoms with Crippen LogP contribution in [0.5, 0.6) is 28.7 Å². The van der Waals surface area contributed by atoms with Crippen LogP contribution in [0.25, 0.3) is 0 Å². The summed E-state index contributed by atoms with van der Waals surface area (Å²) in [4.78, 5) is 0. The first-order valence-electron chi connectivity index (χ1n) is 34.9. The zero-order chi connectivity index (χ0) is 67.0. The Morgan fingerprint density at radius 3 is 0.922 bits per heavy atom. The Labute approximate surface area is 550 Å². The summed E-state index contributed by atoms with van der Waals surface area (Å²) in [6.45, 7) is 48.6. The van der Waals surface area contributed by atoms with E-state index < -0.39 is 0 Å². The molecule has 5 aromatic rings. The van der Waals surface area contributed by atoms with Gasteiger partial charge in [-0.2, -0.15) is 0 Å². The van der Waals surface area contributed by atoms with E-state index in [0.717, 1.165) is 80.5 Å². The smallest absolute Gasteiger partial charge is 0.197 e. The minimum absolute atomic E-state index is 0.160. The van der Waals surface area contributed by atoms with Crippen LogP contribution < -0.4 is 23.7 Å². The lowest BCUT2D eigenvalue weighted by Gasteiger charge is -2.26. The van der Waals surface area contributed by atoms with Gasteiger partial charge in [-0.3, -0.25) is 0 Å².